The molecule has 3 atom stereocenters. The van der Waals surface area contributed by atoms with Crippen molar-refractivity contribution in [2.75, 3.05) is 19.6 Å². The molecular formula is C24H27FN4. The SMILES string of the molecule is Fc1ccc(C2CNNC2C2CCCN(Cc3ccc4ncccc4c3)C2)cc1. The number of piperidine rings is 1. The topological polar surface area (TPSA) is 40.2 Å². The third-order valence-electron chi connectivity index (χ3n) is 6.45. The number of hydrogen-bond donors (Lipinski definition) is 2. The van der Waals surface area contributed by atoms with Crippen LogP contribution in [0.2, 0.25) is 0 Å². The molecule has 2 aliphatic heterocycles. The first kappa shape index (κ1) is 18.7. The van der Waals surface area contributed by atoms with Gasteiger partial charge in [0.05, 0.1) is 5.52 Å². The minimum absolute atomic E-state index is 0.168. The summed E-state index contributed by atoms with van der Waals surface area (Å²) in [4.78, 5) is 7.00. The van der Waals surface area contributed by atoms with E-state index in [9.17, 15) is 4.39 Å². The van der Waals surface area contributed by atoms with Crippen molar-refractivity contribution in [3.05, 3.63) is 77.7 Å². The van der Waals surface area contributed by atoms with E-state index in [0.29, 0.717) is 17.9 Å². The van der Waals surface area contributed by atoms with Crippen LogP contribution in [-0.2, 0) is 6.54 Å². The maximum Gasteiger partial charge on any atom is 0.123 e. The van der Waals surface area contributed by atoms with Crippen LogP contribution in [0.3, 0.4) is 0 Å². The van der Waals surface area contributed by atoms with Gasteiger partial charge in [0.1, 0.15) is 5.82 Å². The van der Waals surface area contributed by atoms with Gasteiger partial charge in [-0.05, 0) is 66.8 Å². The number of nitrogens with one attached hydrogen (secondary N) is 2. The lowest BCUT2D eigenvalue weighted by atomic mass is 9.81. The number of halogens is 1. The van der Waals surface area contributed by atoms with Crippen LogP contribution in [0.4, 0.5) is 4.39 Å². The van der Waals surface area contributed by atoms with Gasteiger partial charge in [0, 0.05) is 43.2 Å². The van der Waals surface area contributed by atoms with E-state index >= 15 is 0 Å². The second-order valence-corrected chi connectivity index (χ2v) is 8.38. The highest BCUT2D eigenvalue weighted by molar-refractivity contribution is 5.78. The first-order chi connectivity index (χ1) is 14.3. The molecule has 2 fully saturated rings. The summed E-state index contributed by atoms with van der Waals surface area (Å²) in [5, 5.41) is 1.21. The number of pyridine rings is 1. The van der Waals surface area contributed by atoms with Gasteiger partial charge < -0.3 is 0 Å². The van der Waals surface area contributed by atoms with Crippen LogP contribution in [0.25, 0.3) is 10.9 Å². The molecule has 5 heteroatoms. The monoisotopic (exact) mass is 390 g/mol. The maximum atomic E-state index is 13.3. The van der Waals surface area contributed by atoms with Gasteiger partial charge in [0.25, 0.3) is 0 Å². The van der Waals surface area contributed by atoms with Gasteiger partial charge >= 0.3 is 0 Å². The first-order valence-corrected chi connectivity index (χ1v) is 10.6. The second kappa shape index (κ2) is 8.19. The predicted octanol–water partition coefficient (Wildman–Crippen LogP) is 3.85. The van der Waals surface area contributed by atoms with E-state index in [4.69, 9.17) is 0 Å². The molecule has 2 aromatic carbocycles. The zero-order valence-electron chi connectivity index (χ0n) is 16.5. The van der Waals surface area contributed by atoms with Gasteiger partial charge in [-0.2, -0.15) is 0 Å². The van der Waals surface area contributed by atoms with Gasteiger partial charge in [-0.25, -0.2) is 4.39 Å². The molecule has 0 saturated carbocycles. The van der Waals surface area contributed by atoms with Gasteiger partial charge in [0.15, 0.2) is 0 Å². The van der Waals surface area contributed by atoms with Crippen LogP contribution in [0.1, 0.15) is 29.9 Å². The number of hydrazine groups is 1. The summed E-state index contributed by atoms with van der Waals surface area (Å²) in [7, 11) is 0. The van der Waals surface area contributed by atoms with E-state index in [1.807, 2.05) is 24.4 Å². The van der Waals surface area contributed by atoms with Crippen LogP contribution in [0.15, 0.2) is 60.8 Å². The molecule has 0 radical (unpaired) electrons. The Kier molecular flexibility index (Phi) is 5.27. The van der Waals surface area contributed by atoms with Gasteiger partial charge in [-0.15, -0.1) is 0 Å². The molecule has 150 valence electrons. The standard InChI is InChI=1S/C24H27FN4/c25-21-8-6-18(7-9-21)22-14-27-28-24(22)20-4-2-12-29(16-20)15-17-5-10-23-19(13-17)3-1-11-26-23/h1,3,5-11,13,20,22,24,27-28H,2,4,12,14-16H2. The van der Waals surface area contributed by atoms with E-state index in [2.05, 4.69) is 45.0 Å². The third-order valence-corrected chi connectivity index (χ3v) is 6.45. The molecule has 4 nitrogen and oxygen atoms in total. The largest absolute Gasteiger partial charge is 0.299 e. The Bertz CT molecular complexity index is 974. The van der Waals surface area contributed by atoms with E-state index in [-0.39, 0.29) is 5.82 Å². The summed E-state index contributed by atoms with van der Waals surface area (Å²) in [6.07, 6.45) is 4.29. The molecule has 1 aromatic heterocycles. The number of fused-ring (bicyclic) bond motifs is 1. The molecule has 0 amide bonds. The summed E-state index contributed by atoms with van der Waals surface area (Å²) < 4.78 is 13.3. The molecule has 0 aliphatic carbocycles. The van der Waals surface area contributed by atoms with Gasteiger partial charge in [-0.3, -0.25) is 20.7 Å². The fourth-order valence-electron chi connectivity index (χ4n) is 5.01. The van der Waals surface area contributed by atoms with Crippen molar-refractivity contribution in [1.82, 2.24) is 20.7 Å². The molecular weight excluding hydrogens is 363 g/mol. The van der Waals surface area contributed by atoms with Crippen LogP contribution in [-0.4, -0.2) is 35.6 Å². The molecule has 3 aromatic rings. The lowest BCUT2D eigenvalue weighted by Gasteiger charge is -2.37. The van der Waals surface area contributed by atoms with E-state index in [1.54, 1.807) is 12.1 Å². The normalized spacial score (nSPS) is 25.5. The molecule has 0 bridgehead atoms. The number of hydrogen-bond acceptors (Lipinski definition) is 4. The average molecular weight is 391 g/mol. The number of nitrogens with zero attached hydrogens (tertiary/aromatic N) is 2. The molecule has 0 spiro atoms. The van der Waals surface area contributed by atoms with Crippen LogP contribution in [0.5, 0.6) is 0 Å². The Morgan fingerprint density at radius 1 is 1.10 bits per heavy atom. The summed E-state index contributed by atoms with van der Waals surface area (Å²) in [5.41, 5.74) is 10.5. The zero-order chi connectivity index (χ0) is 19.6. The molecule has 3 heterocycles. The van der Waals surface area contributed by atoms with Crippen molar-refractivity contribution in [2.45, 2.75) is 31.3 Å². The van der Waals surface area contributed by atoms with E-state index in [0.717, 1.165) is 31.7 Å². The van der Waals surface area contributed by atoms with E-state index < -0.39 is 0 Å². The number of rotatable bonds is 4. The minimum Gasteiger partial charge on any atom is -0.299 e. The van der Waals surface area contributed by atoms with Gasteiger partial charge in [0.2, 0.25) is 0 Å². The Morgan fingerprint density at radius 3 is 2.90 bits per heavy atom. The van der Waals surface area contributed by atoms with Crippen molar-refractivity contribution in [3.63, 3.8) is 0 Å². The number of benzene rings is 2. The molecule has 5 rings (SSSR count). The molecule has 2 aliphatic rings. The fourth-order valence-corrected chi connectivity index (χ4v) is 5.01. The maximum absolute atomic E-state index is 13.3. The van der Waals surface area contributed by atoms with Crippen molar-refractivity contribution in [1.29, 1.82) is 0 Å². The van der Waals surface area contributed by atoms with Crippen molar-refractivity contribution >= 4 is 10.9 Å². The highest BCUT2D eigenvalue weighted by Gasteiger charge is 2.36. The number of aromatic nitrogens is 1. The second-order valence-electron chi connectivity index (χ2n) is 8.38. The molecule has 29 heavy (non-hydrogen) atoms. The zero-order valence-corrected chi connectivity index (χ0v) is 16.5. The summed E-state index contributed by atoms with van der Waals surface area (Å²) in [5.74, 6) is 0.793. The molecule has 2 saturated heterocycles. The summed E-state index contributed by atoms with van der Waals surface area (Å²) >= 11 is 0. The quantitative estimate of drug-likeness (QED) is 0.710. The fraction of sp³-hybridized carbons (Fsp3) is 0.375. The Labute approximate surface area is 171 Å². The molecule has 3 unspecified atom stereocenters. The van der Waals surface area contributed by atoms with Crippen molar-refractivity contribution < 1.29 is 4.39 Å². The predicted molar refractivity (Wildman–Crippen MR) is 114 cm³/mol. The molecule has 2 N–H and O–H groups in total. The summed E-state index contributed by atoms with van der Waals surface area (Å²) in [6.45, 7) is 4.10. The van der Waals surface area contributed by atoms with Crippen LogP contribution < -0.4 is 10.9 Å². The van der Waals surface area contributed by atoms with Crippen LogP contribution in [0, 0.1) is 11.7 Å². The van der Waals surface area contributed by atoms with Crippen LogP contribution >= 0.6 is 0 Å². The third kappa shape index (κ3) is 4.04. The lowest BCUT2D eigenvalue weighted by Crippen LogP contribution is -2.46. The summed E-state index contributed by atoms with van der Waals surface area (Å²) in [6, 6.07) is 18.1. The van der Waals surface area contributed by atoms with Crippen molar-refractivity contribution in [3.8, 4) is 0 Å². The lowest BCUT2D eigenvalue weighted by molar-refractivity contribution is 0.139. The Hall–Kier alpha value is -2.34. The van der Waals surface area contributed by atoms with E-state index in [1.165, 1.54) is 29.4 Å². The minimum atomic E-state index is -0.168. The van der Waals surface area contributed by atoms with Crippen molar-refractivity contribution in [2.24, 2.45) is 5.92 Å². The van der Waals surface area contributed by atoms with Gasteiger partial charge in [-0.1, -0.05) is 24.3 Å². The smallest absolute Gasteiger partial charge is 0.123 e. The first-order valence-electron chi connectivity index (χ1n) is 10.6. The highest BCUT2D eigenvalue weighted by atomic mass is 19.1. The highest BCUT2D eigenvalue weighted by Crippen LogP contribution is 2.32. The number of likely N-dealkylation sites (tertiary alicyclic amines) is 1. The average Bonchev–Trinajstić information content (AvgIpc) is 3.24. The Balaban J connectivity index is 1.28. The Morgan fingerprint density at radius 2 is 2.00 bits per heavy atom.